The number of hydrogen-bond acceptors (Lipinski definition) is 5. The maximum Gasteiger partial charge on any atom is 0.337 e. The summed E-state index contributed by atoms with van der Waals surface area (Å²) in [5.41, 5.74) is 2.08. The first-order valence-corrected chi connectivity index (χ1v) is 9.27. The minimum atomic E-state index is -0.425. The molecule has 1 aliphatic heterocycles. The number of quaternary nitrogens is 1. The molecule has 0 saturated carbocycles. The molecule has 1 heterocycles. The van der Waals surface area contributed by atoms with Crippen LogP contribution in [-0.2, 0) is 11.3 Å². The van der Waals surface area contributed by atoms with Crippen LogP contribution in [0.2, 0.25) is 0 Å². The van der Waals surface area contributed by atoms with Crippen LogP contribution in [0, 0.1) is 0 Å². The van der Waals surface area contributed by atoms with Crippen molar-refractivity contribution in [3.05, 3.63) is 64.4 Å². The highest BCUT2D eigenvalue weighted by atomic mass is 16.5. The SMILES string of the molecule is CC[NH+](CC)Cc1c([O-])ccc2c1O/C(=C\c1ccc(C(=O)OC)cc1)C2=O. The standard InChI is InChI=1S/C22H23NO5/c1-4-23(5-2)13-17-18(24)11-10-16-20(25)19(28-21(16)17)12-14-6-8-15(9-7-14)22(26)27-3/h6-12,24H,4-5,13H2,1-3H3/b19-12-. The second-order valence-electron chi connectivity index (χ2n) is 6.61. The Morgan fingerprint density at radius 2 is 1.82 bits per heavy atom. The minimum absolute atomic E-state index is 0.116. The predicted molar refractivity (Wildman–Crippen MR) is 102 cm³/mol. The van der Waals surface area contributed by atoms with Crippen LogP contribution in [0.15, 0.2) is 42.2 Å². The molecule has 146 valence electrons. The maximum atomic E-state index is 12.7. The normalized spacial score (nSPS) is 14.3. The second kappa shape index (κ2) is 8.27. The lowest BCUT2D eigenvalue weighted by Crippen LogP contribution is -3.10. The molecule has 1 N–H and O–H groups in total. The van der Waals surface area contributed by atoms with E-state index in [1.807, 2.05) is 0 Å². The summed E-state index contributed by atoms with van der Waals surface area (Å²) < 4.78 is 10.5. The van der Waals surface area contributed by atoms with Gasteiger partial charge in [0, 0.05) is 5.56 Å². The zero-order chi connectivity index (χ0) is 20.3. The van der Waals surface area contributed by atoms with Gasteiger partial charge < -0.3 is 19.5 Å². The lowest BCUT2D eigenvalue weighted by molar-refractivity contribution is -0.910. The van der Waals surface area contributed by atoms with E-state index in [1.165, 1.54) is 24.1 Å². The molecule has 1 aliphatic rings. The topological polar surface area (TPSA) is 80.1 Å². The molecule has 0 aliphatic carbocycles. The molecule has 0 radical (unpaired) electrons. The third-order valence-electron chi connectivity index (χ3n) is 4.95. The van der Waals surface area contributed by atoms with Crippen molar-refractivity contribution < 1.29 is 29.1 Å². The quantitative estimate of drug-likeness (QED) is 0.607. The molecule has 6 nitrogen and oxygen atoms in total. The Kier molecular flexibility index (Phi) is 5.80. The third-order valence-corrected chi connectivity index (χ3v) is 4.95. The maximum absolute atomic E-state index is 12.7. The van der Waals surface area contributed by atoms with E-state index in [-0.39, 0.29) is 17.3 Å². The number of ketones is 1. The molecular weight excluding hydrogens is 358 g/mol. The van der Waals surface area contributed by atoms with Gasteiger partial charge in [0.05, 0.1) is 31.3 Å². The number of rotatable bonds is 6. The zero-order valence-electron chi connectivity index (χ0n) is 16.2. The van der Waals surface area contributed by atoms with Crippen molar-refractivity contribution in [3.63, 3.8) is 0 Å². The van der Waals surface area contributed by atoms with E-state index in [4.69, 9.17) is 4.74 Å². The first kappa shape index (κ1) is 19.6. The van der Waals surface area contributed by atoms with E-state index in [2.05, 4.69) is 18.6 Å². The Morgan fingerprint density at radius 1 is 1.14 bits per heavy atom. The minimum Gasteiger partial charge on any atom is -0.872 e. The number of methoxy groups -OCH3 is 1. The van der Waals surface area contributed by atoms with Crippen LogP contribution in [0.25, 0.3) is 6.08 Å². The third kappa shape index (κ3) is 3.77. The van der Waals surface area contributed by atoms with E-state index in [1.54, 1.807) is 30.3 Å². The van der Waals surface area contributed by atoms with E-state index in [0.29, 0.717) is 34.5 Å². The number of esters is 1. The van der Waals surface area contributed by atoms with Gasteiger partial charge in [0.1, 0.15) is 12.3 Å². The van der Waals surface area contributed by atoms with Gasteiger partial charge in [-0.25, -0.2) is 4.79 Å². The number of allylic oxidation sites excluding steroid dienone is 1. The van der Waals surface area contributed by atoms with Gasteiger partial charge in [0.2, 0.25) is 5.78 Å². The Morgan fingerprint density at radius 3 is 2.43 bits per heavy atom. The summed E-state index contributed by atoms with van der Waals surface area (Å²) in [4.78, 5) is 25.5. The fourth-order valence-corrected chi connectivity index (χ4v) is 3.19. The van der Waals surface area contributed by atoms with Gasteiger partial charge in [0.15, 0.2) is 5.76 Å². The molecule has 0 saturated heterocycles. The van der Waals surface area contributed by atoms with Crippen LogP contribution in [-0.4, -0.2) is 32.0 Å². The molecule has 0 fully saturated rings. The average Bonchev–Trinajstić information content (AvgIpc) is 3.03. The van der Waals surface area contributed by atoms with Crippen molar-refractivity contribution in [1.82, 2.24) is 0 Å². The molecule has 2 aromatic rings. The Balaban J connectivity index is 1.91. The van der Waals surface area contributed by atoms with Crippen molar-refractivity contribution in [1.29, 1.82) is 0 Å². The molecule has 6 heteroatoms. The van der Waals surface area contributed by atoms with Gasteiger partial charge in [-0.15, -0.1) is 0 Å². The number of Topliss-reactive ketones (excluding diaryl/α,β-unsaturated/α-hetero) is 1. The fourth-order valence-electron chi connectivity index (χ4n) is 3.19. The van der Waals surface area contributed by atoms with Gasteiger partial charge in [-0.2, -0.15) is 0 Å². The van der Waals surface area contributed by atoms with Crippen molar-refractivity contribution in [2.75, 3.05) is 20.2 Å². The van der Waals surface area contributed by atoms with Gasteiger partial charge in [0.25, 0.3) is 0 Å². The monoisotopic (exact) mass is 381 g/mol. The van der Waals surface area contributed by atoms with Crippen molar-refractivity contribution in [3.8, 4) is 11.5 Å². The van der Waals surface area contributed by atoms with Crippen molar-refractivity contribution >= 4 is 17.8 Å². The first-order valence-electron chi connectivity index (χ1n) is 9.27. The number of fused-ring (bicyclic) bond motifs is 1. The lowest BCUT2D eigenvalue weighted by Gasteiger charge is -2.21. The van der Waals surface area contributed by atoms with Crippen LogP contribution in [0.4, 0.5) is 0 Å². The smallest absolute Gasteiger partial charge is 0.337 e. The molecule has 3 rings (SSSR count). The Labute approximate surface area is 164 Å². The summed E-state index contributed by atoms with van der Waals surface area (Å²) in [6.07, 6.45) is 1.61. The summed E-state index contributed by atoms with van der Waals surface area (Å²) >= 11 is 0. The number of carbonyl (C=O) groups is 2. The highest BCUT2D eigenvalue weighted by Crippen LogP contribution is 2.38. The molecule has 0 aromatic heterocycles. The molecule has 0 spiro atoms. The number of ether oxygens (including phenoxy) is 2. The summed E-state index contributed by atoms with van der Waals surface area (Å²) in [6.45, 7) is 6.39. The van der Waals surface area contributed by atoms with Gasteiger partial charge in [-0.05, 0) is 43.7 Å². The van der Waals surface area contributed by atoms with Crippen LogP contribution in [0.1, 0.15) is 45.7 Å². The van der Waals surface area contributed by atoms with Gasteiger partial charge >= 0.3 is 5.97 Å². The lowest BCUT2D eigenvalue weighted by atomic mass is 10.0. The highest BCUT2D eigenvalue weighted by Gasteiger charge is 2.30. The molecule has 28 heavy (non-hydrogen) atoms. The average molecular weight is 381 g/mol. The second-order valence-corrected chi connectivity index (χ2v) is 6.61. The number of hydrogen-bond donors (Lipinski definition) is 1. The summed E-state index contributed by atoms with van der Waals surface area (Å²) in [5.74, 6) is -0.250. The fraction of sp³-hybridized carbons (Fsp3) is 0.273. The van der Waals surface area contributed by atoms with Crippen molar-refractivity contribution in [2.45, 2.75) is 20.4 Å². The largest absolute Gasteiger partial charge is 0.872 e. The highest BCUT2D eigenvalue weighted by molar-refractivity contribution is 6.15. The molecular formula is C22H23NO5. The Bertz CT molecular complexity index is 927. The van der Waals surface area contributed by atoms with E-state index >= 15 is 0 Å². The van der Waals surface area contributed by atoms with Crippen LogP contribution in [0.5, 0.6) is 11.5 Å². The predicted octanol–water partition coefficient (Wildman–Crippen LogP) is 1.59. The molecule has 0 bridgehead atoms. The summed E-state index contributed by atoms with van der Waals surface area (Å²) in [5, 5.41) is 12.4. The number of benzene rings is 2. The number of nitrogens with one attached hydrogen (secondary N) is 1. The number of carbonyl (C=O) groups excluding carboxylic acids is 2. The molecule has 0 atom stereocenters. The van der Waals surface area contributed by atoms with Crippen LogP contribution in [0.3, 0.4) is 0 Å². The molecule has 0 amide bonds. The van der Waals surface area contributed by atoms with Crippen LogP contribution >= 0.6 is 0 Å². The van der Waals surface area contributed by atoms with E-state index in [9.17, 15) is 14.7 Å². The van der Waals surface area contributed by atoms with Gasteiger partial charge in [-0.3, -0.25) is 4.79 Å². The van der Waals surface area contributed by atoms with Crippen LogP contribution < -0.4 is 14.7 Å². The molecule has 0 unspecified atom stereocenters. The van der Waals surface area contributed by atoms with E-state index < -0.39 is 5.97 Å². The first-order chi connectivity index (χ1) is 13.5. The zero-order valence-corrected chi connectivity index (χ0v) is 16.2. The van der Waals surface area contributed by atoms with Crippen molar-refractivity contribution in [2.24, 2.45) is 0 Å². The van der Waals surface area contributed by atoms with E-state index in [0.717, 1.165) is 13.1 Å². The summed E-state index contributed by atoms with van der Waals surface area (Å²) in [7, 11) is 1.32. The summed E-state index contributed by atoms with van der Waals surface area (Å²) in [6, 6.07) is 9.62. The molecule has 2 aromatic carbocycles. The Hall–Kier alpha value is -3.12. The van der Waals surface area contributed by atoms with Gasteiger partial charge in [-0.1, -0.05) is 23.9 Å².